The zero-order valence-corrected chi connectivity index (χ0v) is 10.2. The minimum atomic E-state index is -0.00700. The van der Waals surface area contributed by atoms with Crippen LogP contribution in [0.5, 0.6) is 5.88 Å². The molecule has 0 N–H and O–H groups in total. The molecule has 2 aromatic rings. The Kier molecular flexibility index (Phi) is 4.20. The number of aldehydes is 1. The fourth-order valence-electron chi connectivity index (χ4n) is 1.35. The molecule has 0 atom stereocenters. The van der Waals surface area contributed by atoms with Crippen molar-refractivity contribution in [3.05, 3.63) is 47.1 Å². The van der Waals surface area contributed by atoms with Crippen LogP contribution in [-0.4, -0.2) is 27.8 Å². The highest BCUT2D eigenvalue weighted by Crippen LogP contribution is 2.11. The molecule has 0 spiro atoms. The summed E-state index contributed by atoms with van der Waals surface area (Å²) in [6.07, 6.45) is 2.97. The van der Waals surface area contributed by atoms with Crippen molar-refractivity contribution in [2.24, 2.45) is 0 Å². The average Bonchev–Trinajstić information content (AvgIpc) is 2.39. The van der Waals surface area contributed by atoms with Gasteiger partial charge in [-0.1, -0.05) is 6.07 Å². The van der Waals surface area contributed by atoms with Crippen LogP contribution < -0.4 is 4.74 Å². The summed E-state index contributed by atoms with van der Waals surface area (Å²) in [5.74, 6) is 0.285. The first-order valence-corrected chi connectivity index (χ1v) is 5.68. The predicted octanol–water partition coefficient (Wildman–Crippen LogP) is 1.96. The van der Waals surface area contributed by atoms with Gasteiger partial charge in [-0.3, -0.25) is 9.78 Å². The van der Waals surface area contributed by atoms with Crippen LogP contribution >= 0.6 is 11.6 Å². The number of carbonyl (C=O) groups is 1. The standard InChI is InChI=1S/C12H10ClN3O2/c13-12-15-10(8-17)7-11(16-12)18-6-4-9-3-1-2-5-14-9/h1-3,5,7-8H,4,6H2. The van der Waals surface area contributed by atoms with E-state index in [0.717, 1.165) is 5.69 Å². The second-order valence-electron chi connectivity index (χ2n) is 3.44. The lowest BCUT2D eigenvalue weighted by Gasteiger charge is -2.05. The topological polar surface area (TPSA) is 65.0 Å². The molecule has 0 aliphatic heterocycles. The maximum atomic E-state index is 10.6. The van der Waals surface area contributed by atoms with E-state index in [1.54, 1.807) is 6.20 Å². The Balaban J connectivity index is 1.94. The number of ether oxygens (including phenoxy) is 1. The molecule has 0 aliphatic carbocycles. The highest BCUT2D eigenvalue weighted by atomic mass is 35.5. The minimum Gasteiger partial charge on any atom is -0.477 e. The molecule has 0 unspecified atom stereocenters. The zero-order valence-electron chi connectivity index (χ0n) is 9.41. The molecule has 0 aliphatic rings. The van der Waals surface area contributed by atoms with Crippen LogP contribution in [0.4, 0.5) is 0 Å². The van der Waals surface area contributed by atoms with Crippen molar-refractivity contribution < 1.29 is 9.53 Å². The van der Waals surface area contributed by atoms with Gasteiger partial charge in [0.2, 0.25) is 11.2 Å². The van der Waals surface area contributed by atoms with Gasteiger partial charge in [0.05, 0.1) is 6.61 Å². The molecule has 2 heterocycles. The summed E-state index contributed by atoms with van der Waals surface area (Å²) in [4.78, 5) is 22.3. The van der Waals surface area contributed by atoms with E-state index in [2.05, 4.69) is 15.0 Å². The van der Waals surface area contributed by atoms with Crippen LogP contribution in [0.1, 0.15) is 16.2 Å². The first-order chi connectivity index (χ1) is 8.78. The maximum Gasteiger partial charge on any atom is 0.226 e. The Morgan fingerprint density at radius 3 is 2.94 bits per heavy atom. The first-order valence-electron chi connectivity index (χ1n) is 5.30. The molecule has 2 aromatic heterocycles. The summed E-state index contributed by atoms with van der Waals surface area (Å²) in [7, 11) is 0. The molecule has 0 saturated heterocycles. The summed E-state index contributed by atoms with van der Waals surface area (Å²) in [5, 5.41) is -0.00700. The number of nitrogens with zero attached hydrogens (tertiary/aromatic N) is 3. The van der Waals surface area contributed by atoms with E-state index >= 15 is 0 Å². The van der Waals surface area contributed by atoms with Crippen LogP contribution in [0, 0.1) is 0 Å². The van der Waals surface area contributed by atoms with Gasteiger partial charge in [-0.25, -0.2) is 4.98 Å². The summed E-state index contributed by atoms with van der Waals surface area (Å²) < 4.78 is 5.40. The van der Waals surface area contributed by atoms with Crippen molar-refractivity contribution in [2.45, 2.75) is 6.42 Å². The van der Waals surface area contributed by atoms with Crippen LogP contribution in [-0.2, 0) is 6.42 Å². The zero-order chi connectivity index (χ0) is 12.8. The molecule has 0 amide bonds. The second-order valence-corrected chi connectivity index (χ2v) is 3.78. The predicted molar refractivity (Wildman–Crippen MR) is 65.9 cm³/mol. The lowest BCUT2D eigenvalue weighted by molar-refractivity contribution is 0.111. The van der Waals surface area contributed by atoms with Crippen LogP contribution in [0.3, 0.4) is 0 Å². The molecule has 0 aromatic carbocycles. The molecule has 0 bridgehead atoms. The van der Waals surface area contributed by atoms with Crippen molar-refractivity contribution in [3.8, 4) is 5.88 Å². The Labute approximate surface area is 109 Å². The quantitative estimate of drug-likeness (QED) is 0.609. The minimum absolute atomic E-state index is 0.00700. The van der Waals surface area contributed by atoms with Gasteiger partial charge in [-0.05, 0) is 23.7 Å². The fourth-order valence-corrected chi connectivity index (χ4v) is 1.53. The van der Waals surface area contributed by atoms with E-state index in [0.29, 0.717) is 19.3 Å². The normalized spacial score (nSPS) is 10.1. The number of hydrogen-bond donors (Lipinski definition) is 0. The number of hydrogen-bond acceptors (Lipinski definition) is 5. The Morgan fingerprint density at radius 1 is 1.33 bits per heavy atom. The van der Waals surface area contributed by atoms with Crippen LogP contribution in [0.2, 0.25) is 5.28 Å². The second kappa shape index (κ2) is 6.07. The number of carbonyl (C=O) groups excluding carboxylic acids is 1. The van der Waals surface area contributed by atoms with Gasteiger partial charge in [0.1, 0.15) is 5.69 Å². The van der Waals surface area contributed by atoms with E-state index in [-0.39, 0.29) is 16.9 Å². The summed E-state index contributed by atoms with van der Waals surface area (Å²) >= 11 is 5.65. The summed E-state index contributed by atoms with van der Waals surface area (Å²) in [6.45, 7) is 0.405. The molecule has 0 fully saturated rings. The van der Waals surface area contributed by atoms with Gasteiger partial charge < -0.3 is 4.74 Å². The molecule has 18 heavy (non-hydrogen) atoms. The number of pyridine rings is 1. The third-order valence-corrected chi connectivity index (χ3v) is 2.32. The van der Waals surface area contributed by atoms with Gasteiger partial charge in [-0.15, -0.1) is 0 Å². The smallest absolute Gasteiger partial charge is 0.226 e. The molecule has 92 valence electrons. The van der Waals surface area contributed by atoms with Crippen molar-refractivity contribution in [2.75, 3.05) is 6.61 Å². The molecule has 2 rings (SSSR count). The van der Waals surface area contributed by atoms with Gasteiger partial charge in [0, 0.05) is 24.4 Å². The van der Waals surface area contributed by atoms with Gasteiger partial charge in [0.15, 0.2) is 6.29 Å². The molecule has 0 saturated carbocycles. The SMILES string of the molecule is O=Cc1cc(OCCc2ccccn2)nc(Cl)n1. The molecule has 5 nitrogen and oxygen atoms in total. The fraction of sp³-hybridized carbons (Fsp3) is 0.167. The lowest BCUT2D eigenvalue weighted by Crippen LogP contribution is -2.05. The lowest BCUT2D eigenvalue weighted by atomic mass is 10.3. The van der Waals surface area contributed by atoms with E-state index < -0.39 is 0 Å². The first kappa shape index (κ1) is 12.4. The summed E-state index contributed by atoms with van der Waals surface area (Å²) in [6, 6.07) is 7.11. The number of aromatic nitrogens is 3. The van der Waals surface area contributed by atoms with Crippen molar-refractivity contribution >= 4 is 17.9 Å². The number of rotatable bonds is 5. The van der Waals surface area contributed by atoms with Crippen LogP contribution in [0.25, 0.3) is 0 Å². The molecular weight excluding hydrogens is 254 g/mol. The van der Waals surface area contributed by atoms with E-state index in [9.17, 15) is 4.79 Å². The summed E-state index contributed by atoms with van der Waals surface area (Å²) in [5.41, 5.74) is 1.12. The van der Waals surface area contributed by atoms with E-state index in [4.69, 9.17) is 16.3 Å². The van der Waals surface area contributed by atoms with E-state index in [1.807, 2.05) is 18.2 Å². The Hall–Kier alpha value is -2.01. The monoisotopic (exact) mass is 263 g/mol. The highest BCUT2D eigenvalue weighted by molar-refractivity contribution is 6.28. The average molecular weight is 264 g/mol. The van der Waals surface area contributed by atoms with Gasteiger partial charge >= 0.3 is 0 Å². The third-order valence-electron chi connectivity index (χ3n) is 2.15. The Bertz CT molecular complexity index is 534. The van der Waals surface area contributed by atoms with Crippen molar-refractivity contribution in [3.63, 3.8) is 0 Å². The van der Waals surface area contributed by atoms with Gasteiger partial charge in [-0.2, -0.15) is 4.98 Å². The highest BCUT2D eigenvalue weighted by Gasteiger charge is 2.03. The Morgan fingerprint density at radius 2 is 2.22 bits per heavy atom. The van der Waals surface area contributed by atoms with Crippen LogP contribution in [0.15, 0.2) is 30.5 Å². The molecule has 0 radical (unpaired) electrons. The van der Waals surface area contributed by atoms with E-state index in [1.165, 1.54) is 6.07 Å². The third kappa shape index (κ3) is 3.49. The maximum absolute atomic E-state index is 10.6. The largest absolute Gasteiger partial charge is 0.477 e. The van der Waals surface area contributed by atoms with Crippen molar-refractivity contribution in [1.82, 2.24) is 15.0 Å². The van der Waals surface area contributed by atoms with Crippen molar-refractivity contribution in [1.29, 1.82) is 0 Å². The molecule has 6 heteroatoms. The molecular formula is C12H10ClN3O2. The number of halogens is 1. The van der Waals surface area contributed by atoms with Gasteiger partial charge in [0.25, 0.3) is 0 Å².